The van der Waals surface area contributed by atoms with Gasteiger partial charge in [0.15, 0.2) is 5.66 Å². The second-order valence-electron chi connectivity index (χ2n) is 3.94. The van der Waals surface area contributed by atoms with Crippen LogP contribution in [0, 0.1) is 0 Å². The first kappa shape index (κ1) is 18.1. The van der Waals surface area contributed by atoms with Crippen molar-refractivity contribution >= 4 is 21.1 Å². The molecular formula is C8H19O8P2+. The molecule has 0 heterocycles. The molecule has 1 unspecified atom stereocenters. The average molecular weight is 305 g/mol. The molecule has 0 aliphatic heterocycles. The van der Waals surface area contributed by atoms with Gasteiger partial charge < -0.3 is 14.9 Å². The fraction of sp³-hybridized carbons (Fsp3) is 0.875. The van der Waals surface area contributed by atoms with E-state index < -0.39 is 26.7 Å². The van der Waals surface area contributed by atoms with Crippen LogP contribution in [0.1, 0.15) is 32.1 Å². The van der Waals surface area contributed by atoms with Crippen LogP contribution in [0.25, 0.3) is 0 Å². The van der Waals surface area contributed by atoms with Gasteiger partial charge >= 0.3 is 21.1 Å². The summed E-state index contributed by atoms with van der Waals surface area (Å²) in [6.45, 7) is 0.0133. The molecule has 0 saturated carbocycles. The van der Waals surface area contributed by atoms with E-state index in [1.807, 2.05) is 0 Å². The molecule has 18 heavy (non-hydrogen) atoms. The van der Waals surface area contributed by atoms with Crippen LogP contribution in [0.5, 0.6) is 0 Å². The highest BCUT2D eigenvalue weighted by atomic mass is 31.2. The number of aliphatic hydroxyl groups is 1. The third-order valence-electron chi connectivity index (χ3n) is 2.37. The molecule has 6 N–H and O–H groups in total. The Morgan fingerprint density at radius 3 is 1.94 bits per heavy atom. The van der Waals surface area contributed by atoms with Crippen LogP contribution in [0.3, 0.4) is 0 Å². The molecule has 0 amide bonds. The predicted octanol–water partition coefficient (Wildman–Crippen LogP) is -0.258. The van der Waals surface area contributed by atoms with Crippen LogP contribution >= 0.6 is 15.5 Å². The van der Waals surface area contributed by atoms with Crippen molar-refractivity contribution in [2.75, 3.05) is 6.61 Å². The van der Waals surface area contributed by atoms with Gasteiger partial charge in [0.1, 0.15) is 0 Å². The zero-order valence-corrected chi connectivity index (χ0v) is 11.5. The Morgan fingerprint density at radius 2 is 1.56 bits per heavy atom. The second-order valence-corrected chi connectivity index (χ2v) is 7.32. The lowest BCUT2D eigenvalue weighted by atomic mass is 10.1. The third kappa shape index (κ3) is 6.87. The van der Waals surface area contributed by atoms with E-state index in [0.717, 1.165) is 0 Å². The Bertz CT molecular complexity index is 307. The van der Waals surface area contributed by atoms with Crippen LogP contribution in [0.15, 0.2) is 0 Å². The normalized spacial score (nSPS) is 14.6. The fourth-order valence-electron chi connectivity index (χ4n) is 1.44. The Balaban J connectivity index is 4.45. The lowest BCUT2D eigenvalue weighted by Gasteiger charge is -2.15. The van der Waals surface area contributed by atoms with Gasteiger partial charge in [0.05, 0.1) is 0 Å². The van der Waals surface area contributed by atoms with Gasteiger partial charge in [0.25, 0.3) is 0 Å². The molecule has 0 bridgehead atoms. The van der Waals surface area contributed by atoms with E-state index in [1.54, 1.807) is 0 Å². The van der Waals surface area contributed by atoms with E-state index >= 15 is 0 Å². The number of aliphatic hydroxyl groups excluding tert-OH is 1. The zero-order chi connectivity index (χ0) is 14.4. The predicted molar refractivity (Wildman–Crippen MR) is 64.6 cm³/mol. The molecule has 0 fully saturated rings. The summed E-state index contributed by atoms with van der Waals surface area (Å²) in [5.41, 5.74) is -3.49. The van der Waals surface area contributed by atoms with Crippen molar-refractivity contribution in [3.8, 4) is 0 Å². The van der Waals surface area contributed by atoms with E-state index in [1.165, 1.54) is 0 Å². The van der Waals surface area contributed by atoms with Crippen molar-refractivity contribution in [2.24, 2.45) is 0 Å². The Kier molecular flexibility index (Phi) is 7.66. The minimum Gasteiger partial charge on any atom is -0.396 e. The van der Waals surface area contributed by atoms with Crippen molar-refractivity contribution in [3.63, 3.8) is 0 Å². The maximum absolute atomic E-state index is 11.3. The Hall–Kier alpha value is 0.0900. The van der Waals surface area contributed by atoms with Crippen LogP contribution in [0.4, 0.5) is 0 Å². The molecule has 0 radical (unpaired) electrons. The lowest BCUT2D eigenvalue weighted by molar-refractivity contribution is -0.114. The van der Waals surface area contributed by atoms with Crippen molar-refractivity contribution < 1.29 is 38.9 Å². The van der Waals surface area contributed by atoms with E-state index in [2.05, 4.69) is 0 Å². The third-order valence-corrected chi connectivity index (χ3v) is 4.78. The molecule has 0 spiro atoms. The van der Waals surface area contributed by atoms with Crippen molar-refractivity contribution in [3.05, 3.63) is 0 Å². The molecule has 0 aromatic carbocycles. The first-order valence-corrected chi connectivity index (χ1v) is 8.71. The number of unbranched alkanes of at least 4 members (excludes halogenated alkanes) is 3. The molecular weight excluding hydrogens is 286 g/mol. The minimum absolute atomic E-state index is 0.0133. The summed E-state index contributed by atoms with van der Waals surface area (Å²) in [6, 6.07) is 0. The largest absolute Gasteiger partial charge is 0.479 e. The van der Waals surface area contributed by atoms with Gasteiger partial charge in [0, 0.05) is 6.61 Å². The maximum atomic E-state index is 11.3. The fourth-order valence-corrected chi connectivity index (χ4v) is 3.69. The Morgan fingerprint density at radius 1 is 1.06 bits per heavy atom. The summed E-state index contributed by atoms with van der Waals surface area (Å²) in [5.74, 6) is 0. The zero-order valence-electron chi connectivity index (χ0n) is 9.71. The molecule has 1 atom stereocenters. The molecule has 0 saturated heterocycles. The summed E-state index contributed by atoms with van der Waals surface area (Å²) in [6.07, 6.45) is 1.76. The number of rotatable bonds is 9. The summed E-state index contributed by atoms with van der Waals surface area (Å²) >= 11 is 0. The number of hydrogen-bond donors (Lipinski definition) is 6. The molecule has 0 aromatic heterocycles. The van der Waals surface area contributed by atoms with Gasteiger partial charge in [-0.1, -0.05) is 19.3 Å². The minimum atomic E-state index is -4.89. The molecule has 108 valence electrons. The number of carbonyl (C=O) groups excluding carboxylic acids is 1. The molecule has 0 aliphatic carbocycles. The summed E-state index contributed by atoms with van der Waals surface area (Å²) < 4.78 is 11.1. The first-order valence-electron chi connectivity index (χ1n) is 5.38. The van der Waals surface area contributed by atoms with Crippen LogP contribution < -0.4 is 0 Å². The van der Waals surface area contributed by atoms with E-state index in [4.69, 9.17) is 29.6 Å². The maximum Gasteiger partial charge on any atom is 0.479 e. The molecule has 10 heteroatoms. The quantitative estimate of drug-likeness (QED) is 0.251. The van der Waals surface area contributed by atoms with Crippen molar-refractivity contribution in [1.82, 2.24) is 0 Å². The van der Waals surface area contributed by atoms with Gasteiger partial charge in [-0.15, -0.1) is 0 Å². The standard InChI is InChI=1S/C8H18O8P2/c9-6-4-2-1-3-5-7(17(11,12)13)8(10)18(14,15)16/h7,9,14-16H,1-6H2,(H-,11,12,13)/p+1. The first-order chi connectivity index (χ1) is 8.10. The molecule has 0 aromatic rings. The van der Waals surface area contributed by atoms with Gasteiger partial charge in [-0.05, 0) is 12.8 Å². The van der Waals surface area contributed by atoms with Gasteiger partial charge in [0.2, 0.25) is 0 Å². The summed E-state index contributed by atoms with van der Waals surface area (Å²) in [5, 5.41) is 8.53. The van der Waals surface area contributed by atoms with E-state index in [9.17, 15) is 9.36 Å². The average Bonchev–Trinajstić information content (AvgIpc) is 2.19. The van der Waals surface area contributed by atoms with E-state index in [0.29, 0.717) is 19.3 Å². The second kappa shape index (κ2) is 7.62. The van der Waals surface area contributed by atoms with Crippen LogP contribution in [-0.4, -0.2) is 47.4 Å². The molecule has 0 aliphatic rings. The summed E-state index contributed by atoms with van der Waals surface area (Å²) in [4.78, 5) is 55.5. The highest BCUT2D eigenvalue weighted by molar-refractivity contribution is 7.78. The molecule has 8 nitrogen and oxygen atoms in total. The highest BCUT2D eigenvalue weighted by Crippen LogP contribution is 2.55. The Labute approximate surface area is 105 Å². The number of hydrogen-bond acceptors (Lipinski definition) is 6. The topological polar surface area (TPSA) is 156 Å². The van der Waals surface area contributed by atoms with Gasteiger partial charge in [-0.3, -0.25) is 4.57 Å². The van der Waals surface area contributed by atoms with Crippen molar-refractivity contribution in [2.45, 2.75) is 37.8 Å². The van der Waals surface area contributed by atoms with Gasteiger partial charge in [-0.25, -0.2) is 4.79 Å². The van der Waals surface area contributed by atoms with E-state index in [-0.39, 0.29) is 19.4 Å². The van der Waals surface area contributed by atoms with Crippen molar-refractivity contribution in [1.29, 1.82) is 0 Å². The van der Waals surface area contributed by atoms with Crippen LogP contribution in [0.2, 0.25) is 0 Å². The summed E-state index contributed by atoms with van der Waals surface area (Å²) in [7, 11) is -9.73. The number of carbonyl (C=O) groups is 1. The van der Waals surface area contributed by atoms with Gasteiger partial charge in [-0.2, -0.15) is 14.7 Å². The lowest BCUT2D eigenvalue weighted by Crippen LogP contribution is -2.23. The monoisotopic (exact) mass is 305 g/mol. The molecule has 0 rings (SSSR count). The van der Waals surface area contributed by atoms with Crippen LogP contribution in [-0.2, 0) is 9.36 Å². The smallest absolute Gasteiger partial charge is 0.396 e. The highest BCUT2D eigenvalue weighted by Gasteiger charge is 2.53. The SMILES string of the molecule is O=C(C(CCCCCCO)P(=O)(O)O)[P+](O)(O)O.